The molecule has 120 valence electrons. The summed E-state index contributed by atoms with van der Waals surface area (Å²) in [5, 5.41) is 14.4. The van der Waals surface area contributed by atoms with Gasteiger partial charge in [-0.15, -0.1) is 11.3 Å². The first-order valence-electron chi connectivity index (χ1n) is 8.00. The average Bonchev–Trinajstić information content (AvgIpc) is 2.89. The minimum atomic E-state index is -0.453. The number of hydrogen-bond donors (Lipinski definition) is 2. The van der Waals surface area contributed by atoms with Crippen LogP contribution in [0.4, 0.5) is 0 Å². The maximum Gasteiger partial charge on any atom is 0.109 e. The van der Waals surface area contributed by atoms with Crippen molar-refractivity contribution in [2.45, 2.75) is 64.7 Å². The first kappa shape index (κ1) is 16.9. The van der Waals surface area contributed by atoms with E-state index in [4.69, 9.17) is 4.74 Å². The van der Waals surface area contributed by atoms with Crippen LogP contribution < -0.4 is 5.32 Å². The fraction of sp³-hybridized carbons (Fsp3) is 0.812. The molecule has 2 rings (SSSR count). The molecular weight excluding hydrogens is 284 g/mol. The molecule has 0 radical (unpaired) electrons. The van der Waals surface area contributed by atoms with Gasteiger partial charge in [-0.3, -0.25) is 0 Å². The van der Waals surface area contributed by atoms with Crippen LogP contribution in [0.3, 0.4) is 0 Å². The molecule has 21 heavy (non-hydrogen) atoms. The summed E-state index contributed by atoms with van der Waals surface area (Å²) in [7, 11) is 0. The van der Waals surface area contributed by atoms with E-state index in [1.54, 1.807) is 11.3 Å². The normalized spacial score (nSPS) is 25.7. The molecule has 1 aliphatic carbocycles. The summed E-state index contributed by atoms with van der Waals surface area (Å²) in [6.07, 6.45) is 6.61. The number of aliphatic hydroxyl groups is 1. The van der Waals surface area contributed by atoms with E-state index in [0.29, 0.717) is 19.3 Å². The molecule has 0 spiro atoms. The zero-order valence-electron chi connectivity index (χ0n) is 13.3. The van der Waals surface area contributed by atoms with E-state index in [9.17, 15) is 5.11 Å². The standard InChI is InChI=1S/C16H28N2O2S/c1-11-5-4-6-15(7-11)20-10-14(19)9-17-13(3)16-18-8-12(2)21-16/h8,11,13-15,17,19H,4-7,9-10H2,1-3H3. The molecule has 4 nitrogen and oxygen atoms in total. The molecule has 1 aromatic heterocycles. The van der Waals surface area contributed by atoms with E-state index in [1.807, 2.05) is 6.20 Å². The average molecular weight is 312 g/mol. The van der Waals surface area contributed by atoms with Crippen LogP contribution in [0.25, 0.3) is 0 Å². The monoisotopic (exact) mass is 312 g/mol. The first-order chi connectivity index (χ1) is 10.0. The van der Waals surface area contributed by atoms with Crippen molar-refractivity contribution in [3.63, 3.8) is 0 Å². The minimum Gasteiger partial charge on any atom is -0.389 e. The van der Waals surface area contributed by atoms with E-state index in [-0.39, 0.29) is 6.04 Å². The quantitative estimate of drug-likeness (QED) is 0.812. The molecule has 0 aliphatic heterocycles. The van der Waals surface area contributed by atoms with Crippen molar-refractivity contribution < 1.29 is 9.84 Å². The molecule has 2 N–H and O–H groups in total. The maximum atomic E-state index is 10.0. The summed E-state index contributed by atoms with van der Waals surface area (Å²) in [5.41, 5.74) is 0. The van der Waals surface area contributed by atoms with Gasteiger partial charge in [0.1, 0.15) is 5.01 Å². The molecule has 4 unspecified atom stereocenters. The first-order valence-corrected chi connectivity index (χ1v) is 8.81. The summed E-state index contributed by atoms with van der Waals surface area (Å²) < 4.78 is 5.85. The van der Waals surface area contributed by atoms with Crippen molar-refractivity contribution >= 4 is 11.3 Å². The van der Waals surface area contributed by atoms with Gasteiger partial charge in [-0.2, -0.15) is 0 Å². The zero-order valence-corrected chi connectivity index (χ0v) is 14.2. The molecule has 0 saturated heterocycles. The Kier molecular flexibility index (Phi) is 6.61. The van der Waals surface area contributed by atoms with Crippen LogP contribution >= 0.6 is 11.3 Å². The van der Waals surface area contributed by atoms with E-state index >= 15 is 0 Å². The van der Waals surface area contributed by atoms with Crippen molar-refractivity contribution in [3.05, 3.63) is 16.1 Å². The van der Waals surface area contributed by atoms with E-state index in [2.05, 4.69) is 31.1 Å². The molecule has 0 amide bonds. The highest BCUT2D eigenvalue weighted by Crippen LogP contribution is 2.25. The number of nitrogens with one attached hydrogen (secondary N) is 1. The summed E-state index contributed by atoms with van der Waals surface area (Å²) in [5.74, 6) is 0.757. The number of aryl methyl sites for hydroxylation is 1. The number of hydrogen-bond acceptors (Lipinski definition) is 5. The van der Waals surface area contributed by atoms with Gasteiger partial charge in [-0.1, -0.05) is 19.8 Å². The van der Waals surface area contributed by atoms with Crippen LogP contribution in [0.15, 0.2) is 6.20 Å². The zero-order chi connectivity index (χ0) is 15.2. The van der Waals surface area contributed by atoms with Gasteiger partial charge >= 0.3 is 0 Å². The van der Waals surface area contributed by atoms with E-state index in [0.717, 1.165) is 23.8 Å². The summed E-state index contributed by atoms with van der Waals surface area (Å²) in [4.78, 5) is 5.58. The highest BCUT2D eigenvalue weighted by molar-refractivity contribution is 7.11. The molecule has 1 fully saturated rings. The molecule has 1 aromatic rings. The fourth-order valence-corrected chi connectivity index (χ4v) is 3.61. The van der Waals surface area contributed by atoms with Gasteiger partial charge in [-0.05, 0) is 32.6 Å². The Bertz CT molecular complexity index is 424. The highest BCUT2D eigenvalue weighted by Gasteiger charge is 2.20. The van der Waals surface area contributed by atoms with Crippen molar-refractivity contribution in [3.8, 4) is 0 Å². The second-order valence-electron chi connectivity index (χ2n) is 6.32. The van der Waals surface area contributed by atoms with Crippen LogP contribution in [0.2, 0.25) is 0 Å². The largest absolute Gasteiger partial charge is 0.389 e. The summed E-state index contributed by atoms with van der Waals surface area (Å²) in [6.45, 7) is 7.39. The van der Waals surface area contributed by atoms with Gasteiger partial charge in [-0.25, -0.2) is 4.98 Å². The SMILES string of the molecule is Cc1cnc(C(C)NCC(O)COC2CCCC(C)C2)s1. The Labute approximate surface area is 131 Å². The Balaban J connectivity index is 1.64. The Morgan fingerprint density at radius 1 is 1.52 bits per heavy atom. The molecular formula is C16H28N2O2S. The molecule has 0 aromatic carbocycles. The topological polar surface area (TPSA) is 54.4 Å². The van der Waals surface area contributed by atoms with Crippen molar-refractivity contribution in [1.29, 1.82) is 0 Å². The smallest absolute Gasteiger partial charge is 0.109 e. The lowest BCUT2D eigenvalue weighted by molar-refractivity contribution is -0.0310. The second kappa shape index (κ2) is 8.22. The molecule has 4 atom stereocenters. The van der Waals surface area contributed by atoms with Gasteiger partial charge in [0, 0.05) is 17.6 Å². The summed E-state index contributed by atoms with van der Waals surface area (Å²) >= 11 is 1.70. The third-order valence-electron chi connectivity index (χ3n) is 4.08. The molecule has 5 heteroatoms. The van der Waals surface area contributed by atoms with Crippen LogP contribution in [-0.4, -0.2) is 35.5 Å². The molecule has 1 saturated carbocycles. The Morgan fingerprint density at radius 3 is 3.00 bits per heavy atom. The van der Waals surface area contributed by atoms with Crippen LogP contribution in [0.1, 0.15) is 55.5 Å². The maximum absolute atomic E-state index is 10.0. The predicted molar refractivity (Wildman–Crippen MR) is 86.6 cm³/mol. The summed E-state index contributed by atoms with van der Waals surface area (Å²) in [6, 6.07) is 0.174. The lowest BCUT2D eigenvalue weighted by atomic mass is 9.89. The predicted octanol–water partition coefficient (Wildman–Crippen LogP) is 3.06. The number of thiazole rings is 1. The van der Waals surface area contributed by atoms with Gasteiger partial charge < -0.3 is 15.2 Å². The van der Waals surface area contributed by atoms with Crippen molar-refractivity contribution in [2.75, 3.05) is 13.2 Å². The number of rotatable bonds is 7. The lowest BCUT2D eigenvalue weighted by Gasteiger charge is -2.27. The Hall–Kier alpha value is -0.490. The number of nitrogens with zero attached hydrogens (tertiary/aromatic N) is 1. The number of aromatic nitrogens is 1. The second-order valence-corrected chi connectivity index (χ2v) is 7.59. The van der Waals surface area contributed by atoms with E-state index < -0.39 is 6.10 Å². The van der Waals surface area contributed by atoms with Crippen LogP contribution in [0, 0.1) is 12.8 Å². The van der Waals surface area contributed by atoms with Gasteiger partial charge in [0.05, 0.1) is 24.9 Å². The van der Waals surface area contributed by atoms with Gasteiger partial charge in [0.25, 0.3) is 0 Å². The molecule has 1 heterocycles. The van der Waals surface area contributed by atoms with Crippen LogP contribution in [0.5, 0.6) is 0 Å². The van der Waals surface area contributed by atoms with Gasteiger partial charge in [0.15, 0.2) is 0 Å². The van der Waals surface area contributed by atoms with Gasteiger partial charge in [0.2, 0.25) is 0 Å². The molecule has 1 aliphatic rings. The van der Waals surface area contributed by atoms with Crippen molar-refractivity contribution in [1.82, 2.24) is 10.3 Å². The Morgan fingerprint density at radius 2 is 2.33 bits per heavy atom. The highest BCUT2D eigenvalue weighted by atomic mass is 32.1. The molecule has 0 bridgehead atoms. The lowest BCUT2D eigenvalue weighted by Crippen LogP contribution is -2.34. The third-order valence-corrected chi connectivity index (χ3v) is 5.18. The minimum absolute atomic E-state index is 0.174. The van der Waals surface area contributed by atoms with Crippen molar-refractivity contribution in [2.24, 2.45) is 5.92 Å². The number of aliphatic hydroxyl groups excluding tert-OH is 1. The number of ether oxygens (including phenoxy) is 1. The fourth-order valence-electron chi connectivity index (χ4n) is 2.81. The van der Waals surface area contributed by atoms with E-state index in [1.165, 1.54) is 17.7 Å². The third kappa shape index (κ3) is 5.66. The van der Waals surface area contributed by atoms with Crippen LogP contribution in [-0.2, 0) is 4.74 Å².